The Balaban J connectivity index is 2.12. The molecule has 2 aromatic rings. The lowest BCUT2D eigenvalue weighted by Gasteiger charge is -2.02. The number of alkyl halides is 1. The summed E-state index contributed by atoms with van der Waals surface area (Å²) in [6, 6.07) is 9.76. The summed E-state index contributed by atoms with van der Waals surface area (Å²) < 4.78 is 12.0. The van der Waals surface area contributed by atoms with E-state index in [4.69, 9.17) is 0 Å². The first kappa shape index (κ1) is 11.6. The minimum atomic E-state index is -0.281. The van der Waals surface area contributed by atoms with Gasteiger partial charge in [0.25, 0.3) is 0 Å². The molecular weight excluding hydrogens is 217 g/mol. The van der Waals surface area contributed by atoms with Crippen LogP contribution in [0.2, 0.25) is 0 Å². The smallest absolute Gasteiger partial charge is 0.162 e. The third-order valence-electron chi connectivity index (χ3n) is 2.44. The molecule has 1 aromatic heterocycles. The number of aryl methyl sites for hydroxylation is 1. The maximum absolute atomic E-state index is 12.0. The van der Waals surface area contributed by atoms with Crippen LogP contribution in [0.3, 0.4) is 0 Å². The summed E-state index contributed by atoms with van der Waals surface area (Å²) >= 11 is 0. The number of rotatable bonds is 5. The monoisotopic (exact) mass is 231 g/mol. The molecule has 0 aliphatic carbocycles. The second-order valence-corrected chi connectivity index (χ2v) is 3.74. The van der Waals surface area contributed by atoms with Crippen LogP contribution >= 0.6 is 0 Å². The van der Waals surface area contributed by atoms with Gasteiger partial charge in [-0.05, 0) is 12.8 Å². The van der Waals surface area contributed by atoms with Gasteiger partial charge in [0.05, 0.1) is 6.67 Å². The first-order chi connectivity index (χ1) is 8.40. The van der Waals surface area contributed by atoms with Gasteiger partial charge >= 0.3 is 0 Å². The average Bonchev–Trinajstić information content (AvgIpc) is 2.41. The minimum Gasteiger partial charge on any atom is -0.251 e. The summed E-state index contributed by atoms with van der Waals surface area (Å²) in [7, 11) is 0. The van der Waals surface area contributed by atoms with Crippen molar-refractivity contribution in [2.45, 2.75) is 19.3 Å². The lowest BCUT2D eigenvalue weighted by Crippen LogP contribution is -1.99. The normalized spacial score (nSPS) is 10.4. The van der Waals surface area contributed by atoms with Gasteiger partial charge in [0.1, 0.15) is 12.2 Å². The van der Waals surface area contributed by atoms with Crippen molar-refractivity contribution in [3.05, 3.63) is 42.5 Å². The highest BCUT2D eigenvalue weighted by Crippen LogP contribution is 2.13. The van der Waals surface area contributed by atoms with Crippen LogP contribution in [-0.2, 0) is 6.42 Å². The zero-order chi connectivity index (χ0) is 11.9. The molecule has 3 nitrogen and oxygen atoms in total. The Morgan fingerprint density at radius 3 is 2.59 bits per heavy atom. The molecule has 0 unspecified atom stereocenters. The van der Waals surface area contributed by atoms with Gasteiger partial charge in [0.2, 0.25) is 0 Å². The molecule has 0 saturated carbocycles. The van der Waals surface area contributed by atoms with E-state index in [2.05, 4.69) is 15.0 Å². The summed E-state index contributed by atoms with van der Waals surface area (Å²) in [5, 5.41) is 0. The van der Waals surface area contributed by atoms with Crippen LogP contribution in [0.5, 0.6) is 0 Å². The fourth-order valence-electron chi connectivity index (χ4n) is 1.55. The van der Waals surface area contributed by atoms with E-state index in [-0.39, 0.29) is 6.67 Å². The van der Waals surface area contributed by atoms with Crippen molar-refractivity contribution in [2.75, 3.05) is 6.67 Å². The number of aromatic nitrogens is 3. The van der Waals surface area contributed by atoms with Crippen LogP contribution in [-0.4, -0.2) is 21.6 Å². The van der Waals surface area contributed by atoms with Crippen LogP contribution in [0, 0.1) is 0 Å². The Bertz CT molecular complexity index is 459. The van der Waals surface area contributed by atoms with Crippen LogP contribution in [0.25, 0.3) is 11.4 Å². The molecule has 88 valence electrons. The van der Waals surface area contributed by atoms with Crippen molar-refractivity contribution in [1.29, 1.82) is 0 Å². The van der Waals surface area contributed by atoms with Gasteiger partial charge in [-0.25, -0.2) is 15.0 Å². The molecule has 0 N–H and O–H groups in total. The molecule has 17 heavy (non-hydrogen) atoms. The van der Waals surface area contributed by atoms with Crippen molar-refractivity contribution in [1.82, 2.24) is 15.0 Å². The molecule has 1 aromatic carbocycles. The third kappa shape index (κ3) is 3.31. The van der Waals surface area contributed by atoms with Gasteiger partial charge in [-0.2, -0.15) is 0 Å². The van der Waals surface area contributed by atoms with Gasteiger partial charge in [-0.1, -0.05) is 30.3 Å². The van der Waals surface area contributed by atoms with Crippen molar-refractivity contribution in [2.24, 2.45) is 0 Å². The molecular formula is C13H14FN3. The Hall–Kier alpha value is -1.84. The van der Waals surface area contributed by atoms with Gasteiger partial charge < -0.3 is 0 Å². The van der Waals surface area contributed by atoms with E-state index >= 15 is 0 Å². The molecule has 0 spiro atoms. The summed E-state index contributed by atoms with van der Waals surface area (Å²) in [6.07, 6.45) is 3.55. The lowest BCUT2D eigenvalue weighted by atomic mass is 10.2. The van der Waals surface area contributed by atoms with Crippen molar-refractivity contribution < 1.29 is 4.39 Å². The van der Waals surface area contributed by atoms with Crippen LogP contribution in [0.4, 0.5) is 4.39 Å². The Morgan fingerprint density at radius 2 is 1.82 bits per heavy atom. The zero-order valence-corrected chi connectivity index (χ0v) is 9.51. The topological polar surface area (TPSA) is 38.7 Å². The van der Waals surface area contributed by atoms with E-state index in [9.17, 15) is 4.39 Å². The average molecular weight is 231 g/mol. The number of hydrogen-bond donors (Lipinski definition) is 0. The number of hydrogen-bond acceptors (Lipinski definition) is 3. The maximum atomic E-state index is 12.0. The Kier molecular flexibility index (Phi) is 4.13. The van der Waals surface area contributed by atoms with E-state index in [0.717, 1.165) is 17.8 Å². The maximum Gasteiger partial charge on any atom is 0.162 e. The molecule has 4 heteroatoms. The largest absolute Gasteiger partial charge is 0.251 e. The molecule has 0 fully saturated rings. The second kappa shape index (κ2) is 6.03. The molecule has 0 saturated heterocycles. The predicted molar refractivity (Wildman–Crippen MR) is 64.2 cm³/mol. The first-order valence-corrected chi connectivity index (χ1v) is 5.69. The molecule has 0 aliphatic rings. The predicted octanol–water partition coefficient (Wildman–Crippen LogP) is 2.83. The van der Waals surface area contributed by atoms with E-state index in [1.807, 2.05) is 30.3 Å². The fourth-order valence-corrected chi connectivity index (χ4v) is 1.55. The van der Waals surface area contributed by atoms with E-state index in [1.54, 1.807) is 0 Å². The Labute approximate surface area is 99.8 Å². The molecule has 1 heterocycles. The van der Waals surface area contributed by atoms with Gasteiger partial charge in [-0.3, -0.25) is 4.39 Å². The van der Waals surface area contributed by atoms with E-state index in [0.29, 0.717) is 18.7 Å². The van der Waals surface area contributed by atoms with Crippen LogP contribution < -0.4 is 0 Å². The van der Waals surface area contributed by atoms with Crippen LogP contribution in [0.15, 0.2) is 36.7 Å². The number of unbranched alkanes of at least 4 members (excludes halogenated alkanes) is 1. The standard InChI is InChI=1S/C13H14FN3/c14-9-5-4-8-12-15-10-16-13(17-12)11-6-2-1-3-7-11/h1-3,6-7,10H,4-5,8-9H2. The molecule has 0 atom stereocenters. The number of halogens is 1. The van der Waals surface area contributed by atoms with Gasteiger partial charge in [0, 0.05) is 12.0 Å². The Morgan fingerprint density at radius 1 is 1.00 bits per heavy atom. The minimum absolute atomic E-state index is 0.281. The summed E-state index contributed by atoms with van der Waals surface area (Å²) in [5.41, 5.74) is 0.974. The number of benzene rings is 1. The highest BCUT2D eigenvalue weighted by atomic mass is 19.1. The van der Waals surface area contributed by atoms with Crippen molar-refractivity contribution in [3.63, 3.8) is 0 Å². The first-order valence-electron chi connectivity index (χ1n) is 5.69. The highest BCUT2D eigenvalue weighted by molar-refractivity contribution is 5.53. The SMILES string of the molecule is FCCCCc1ncnc(-c2ccccc2)n1. The quantitative estimate of drug-likeness (QED) is 0.743. The zero-order valence-electron chi connectivity index (χ0n) is 9.51. The summed E-state index contributed by atoms with van der Waals surface area (Å²) in [5.74, 6) is 1.41. The summed E-state index contributed by atoms with van der Waals surface area (Å²) in [6.45, 7) is -0.281. The number of nitrogens with zero attached hydrogens (tertiary/aromatic N) is 3. The lowest BCUT2D eigenvalue weighted by molar-refractivity contribution is 0.460. The molecule has 0 radical (unpaired) electrons. The fraction of sp³-hybridized carbons (Fsp3) is 0.308. The third-order valence-corrected chi connectivity index (χ3v) is 2.44. The molecule has 0 aliphatic heterocycles. The van der Waals surface area contributed by atoms with Gasteiger partial charge in [-0.15, -0.1) is 0 Å². The molecule has 0 amide bonds. The van der Waals surface area contributed by atoms with E-state index < -0.39 is 0 Å². The molecule has 0 bridgehead atoms. The van der Waals surface area contributed by atoms with Gasteiger partial charge in [0.15, 0.2) is 5.82 Å². The van der Waals surface area contributed by atoms with Crippen molar-refractivity contribution >= 4 is 0 Å². The second-order valence-electron chi connectivity index (χ2n) is 3.74. The summed E-state index contributed by atoms with van der Waals surface area (Å²) in [4.78, 5) is 12.6. The molecule has 2 rings (SSSR count). The van der Waals surface area contributed by atoms with Crippen molar-refractivity contribution in [3.8, 4) is 11.4 Å². The van der Waals surface area contributed by atoms with Crippen LogP contribution in [0.1, 0.15) is 18.7 Å². The highest BCUT2D eigenvalue weighted by Gasteiger charge is 2.02. The van der Waals surface area contributed by atoms with E-state index in [1.165, 1.54) is 6.33 Å².